The number of carbonyl (C=O) groups is 1. The molecule has 156 valence electrons. The van der Waals surface area contributed by atoms with Crippen molar-refractivity contribution in [3.05, 3.63) is 94.5 Å². The quantitative estimate of drug-likeness (QED) is 0.531. The molecule has 1 amide bonds. The molecule has 2 N–H and O–H groups in total. The summed E-state index contributed by atoms with van der Waals surface area (Å²) < 4.78 is 27.5. The van der Waals surface area contributed by atoms with Gasteiger partial charge in [-0.3, -0.25) is 4.79 Å². The molecule has 0 saturated heterocycles. The van der Waals surface area contributed by atoms with Crippen molar-refractivity contribution < 1.29 is 13.2 Å². The van der Waals surface area contributed by atoms with Crippen LogP contribution < -0.4 is 10.0 Å². The van der Waals surface area contributed by atoms with E-state index in [1.807, 2.05) is 37.3 Å². The lowest BCUT2D eigenvalue weighted by Crippen LogP contribution is -2.23. The summed E-state index contributed by atoms with van der Waals surface area (Å²) in [5.74, 6) is -0.124. The first kappa shape index (κ1) is 22.0. The molecule has 3 aromatic rings. The molecule has 0 heterocycles. The van der Waals surface area contributed by atoms with Gasteiger partial charge in [0, 0.05) is 23.7 Å². The van der Waals surface area contributed by atoms with Crippen LogP contribution in [0.25, 0.3) is 0 Å². The number of halogens is 1. The van der Waals surface area contributed by atoms with Crippen molar-refractivity contribution >= 4 is 33.2 Å². The van der Waals surface area contributed by atoms with E-state index in [2.05, 4.69) is 10.0 Å². The van der Waals surface area contributed by atoms with E-state index >= 15 is 0 Å². The Morgan fingerprint density at radius 3 is 2.30 bits per heavy atom. The molecule has 0 radical (unpaired) electrons. The molecular formula is C23H23ClN2O3S. The first-order chi connectivity index (χ1) is 14.3. The molecule has 30 heavy (non-hydrogen) atoms. The molecule has 0 bridgehead atoms. The van der Waals surface area contributed by atoms with E-state index in [-0.39, 0.29) is 23.8 Å². The number of nitrogens with one attached hydrogen (secondary N) is 2. The minimum atomic E-state index is -3.60. The van der Waals surface area contributed by atoms with Gasteiger partial charge in [-0.25, -0.2) is 13.1 Å². The van der Waals surface area contributed by atoms with Gasteiger partial charge in [-0.15, -0.1) is 0 Å². The summed E-state index contributed by atoms with van der Waals surface area (Å²) in [7, 11) is -3.60. The molecule has 0 aliphatic rings. The molecular weight excluding hydrogens is 420 g/mol. The zero-order valence-electron chi connectivity index (χ0n) is 16.6. The van der Waals surface area contributed by atoms with E-state index in [0.717, 1.165) is 16.7 Å². The van der Waals surface area contributed by atoms with Gasteiger partial charge in [-0.05, 0) is 54.3 Å². The lowest BCUT2D eigenvalue weighted by Gasteiger charge is -2.10. The number of benzene rings is 3. The van der Waals surface area contributed by atoms with Crippen molar-refractivity contribution in [3.8, 4) is 0 Å². The fourth-order valence-corrected chi connectivity index (χ4v) is 4.10. The van der Waals surface area contributed by atoms with Gasteiger partial charge in [-0.2, -0.15) is 0 Å². The fraction of sp³-hybridized carbons (Fsp3) is 0.174. The number of hydrogen-bond acceptors (Lipinski definition) is 3. The third-order valence-electron chi connectivity index (χ3n) is 4.73. The maximum atomic E-state index is 12.5. The highest BCUT2D eigenvalue weighted by atomic mass is 35.5. The number of hydrogen-bond donors (Lipinski definition) is 2. The van der Waals surface area contributed by atoms with Crippen LogP contribution in [0.2, 0.25) is 5.02 Å². The Bertz CT molecular complexity index is 1110. The molecule has 0 aliphatic carbocycles. The van der Waals surface area contributed by atoms with E-state index in [4.69, 9.17) is 11.6 Å². The van der Waals surface area contributed by atoms with Crippen molar-refractivity contribution in [2.45, 2.75) is 31.2 Å². The van der Waals surface area contributed by atoms with Crippen LogP contribution in [0.1, 0.15) is 23.1 Å². The van der Waals surface area contributed by atoms with Crippen molar-refractivity contribution in [1.82, 2.24) is 4.72 Å². The van der Waals surface area contributed by atoms with Gasteiger partial charge in [0.05, 0.1) is 4.90 Å². The summed E-state index contributed by atoms with van der Waals surface area (Å²) in [4.78, 5) is 12.4. The summed E-state index contributed by atoms with van der Waals surface area (Å²) in [5.41, 5.74) is 3.29. The smallest absolute Gasteiger partial charge is 0.240 e. The molecule has 0 unspecified atom stereocenters. The predicted molar refractivity (Wildman–Crippen MR) is 120 cm³/mol. The van der Waals surface area contributed by atoms with Crippen LogP contribution in [-0.2, 0) is 27.8 Å². The SMILES string of the molecule is Cc1c(Cl)cccc1NC(=O)CCc1ccc(S(=O)(=O)NCc2ccccc2)cc1. The monoisotopic (exact) mass is 442 g/mol. The molecule has 0 aromatic heterocycles. The van der Waals surface area contributed by atoms with Gasteiger partial charge in [0.1, 0.15) is 0 Å². The zero-order valence-corrected chi connectivity index (χ0v) is 18.1. The average molecular weight is 443 g/mol. The lowest BCUT2D eigenvalue weighted by atomic mass is 10.1. The highest BCUT2D eigenvalue weighted by Gasteiger charge is 2.14. The van der Waals surface area contributed by atoms with Crippen LogP contribution >= 0.6 is 11.6 Å². The summed E-state index contributed by atoms with van der Waals surface area (Å²) in [5, 5.41) is 3.46. The minimum Gasteiger partial charge on any atom is -0.326 e. The third-order valence-corrected chi connectivity index (χ3v) is 6.55. The van der Waals surface area contributed by atoms with E-state index in [1.165, 1.54) is 0 Å². The second-order valence-corrected chi connectivity index (χ2v) is 9.09. The molecule has 0 fully saturated rings. The Morgan fingerprint density at radius 1 is 0.900 bits per heavy atom. The van der Waals surface area contributed by atoms with Crippen LogP contribution in [0.15, 0.2) is 77.7 Å². The molecule has 5 nitrogen and oxygen atoms in total. The van der Waals surface area contributed by atoms with Gasteiger partial charge in [0.2, 0.25) is 15.9 Å². The van der Waals surface area contributed by atoms with Crippen LogP contribution in [0.3, 0.4) is 0 Å². The summed E-state index contributed by atoms with van der Waals surface area (Å²) in [6, 6.07) is 21.3. The normalized spacial score (nSPS) is 11.3. The zero-order chi connectivity index (χ0) is 21.6. The molecule has 0 spiro atoms. The van der Waals surface area contributed by atoms with Crippen LogP contribution in [0.4, 0.5) is 5.69 Å². The maximum absolute atomic E-state index is 12.5. The van der Waals surface area contributed by atoms with Crippen molar-refractivity contribution in [3.63, 3.8) is 0 Å². The van der Waals surface area contributed by atoms with E-state index in [0.29, 0.717) is 17.1 Å². The Morgan fingerprint density at radius 2 is 1.60 bits per heavy atom. The fourth-order valence-electron chi connectivity index (χ4n) is 2.91. The standard InChI is InChI=1S/C23H23ClN2O3S/c1-17-21(24)8-5-9-22(17)26-23(27)15-12-18-10-13-20(14-11-18)30(28,29)25-16-19-6-3-2-4-7-19/h2-11,13-14,25H,12,15-16H2,1H3,(H,26,27). The summed E-state index contributed by atoms with van der Waals surface area (Å²) in [6.45, 7) is 2.08. The lowest BCUT2D eigenvalue weighted by molar-refractivity contribution is -0.116. The highest BCUT2D eigenvalue weighted by molar-refractivity contribution is 7.89. The predicted octanol–water partition coefficient (Wildman–Crippen LogP) is 4.70. The van der Waals surface area contributed by atoms with Gasteiger partial charge >= 0.3 is 0 Å². The Balaban J connectivity index is 1.55. The van der Waals surface area contributed by atoms with Gasteiger partial charge < -0.3 is 5.32 Å². The number of carbonyl (C=O) groups excluding carboxylic acids is 1. The number of sulfonamides is 1. The van der Waals surface area contributed by atoms with Gasteiger partial charge in [0.15, 0.2) is 0 Å². The Hall–Kier alpha value is -2.67. The number of anilines is 1. The van der Waals surface area contributed by atoms with Gasteiger partial charge in [0.25, 0.3) is 0 Å². The van der Waals surface area contributed by atoms with Crippen molar-refractivity contribution in [2.24, 2.45) is 0 Å². The topological polar surface area (TPSA) is 75.3 Å². The van der Waals surface area contributed by atoms with Gasteiger partial charge in [-0.1, -0.05) is 60.1 Å². The molecule has 0 saturated carbocycles. The molecule has 0 atom stereocenters. The first-order valence-corrected chi connectivity index (χ1v) is 11.4. The Labute approximate surface area is 182 Å². The number of rotatable bonds is 8. The van der Waals surface area contributed by atoms with E-state index in [1.54, 1.807) is 42.5 Å². The largest absolute Gasteiger partial charge is 0.326 e. The summed E-state index contributed by atoms with van der Waals surface area (Å²) >= 11 is 6.07. The van der Waals surface area contributed by atoms with E-state index in [9.17, 15) is 13.2 Å². The highest BCUT2D eigenvalue weighted by Crippen LogP contribution is 2.23. The van der Waals surface area contributed by atoms with Crippen LogP contribution in [-0.4, -0.2) is 14.3 Å². The van der Waals surface area contributed by atoms with Crippen molar-refractivity contribution in [2.75, 3.05) is 5.32 Å². The average Bonchev–Trinajstić information content (AvgIpc) is 2.75. The van der Waals surface area contributed by atoms with Crippen LogP contribution in [0, 0.1) is 6.92 Å². The number of amides is 1. The summed E-state index contributed by atoms with van der Waals surface area (Å²) in [6.07, 6.45) is 0.785. The maximum Gasteiger partial charge on any atom is 0.240 e. The first-order valence-electron chi connectivity index (χ1n) is 9.52. The second-order valence-electron chi connectivity index (χ2n) is 6.91. The van der Waals surface area contributed by atoms with Crippen LogP contribution in [0.5, 0.6) is 0 Å². The molecule has 3 rings (SSSR count). The molecule has 0 aliphatic heterocycles. The minimum absolute atomic E-state index is 0.124. The second kappa shape index (κ2) is 9.89. The van der Waals surface area contributed by atoms with Crippen molar-refractivity contribution in [1.29, 1.82) is 0 Å². The molecule has 3 aromatic carbocycles. The molecule has 7 heteroatoms. The third kappa shape index (κ3) is 5.92. The Kier molecular flexibility index (Phi) is 7.26. The van der Waals surface area contributed by atoms with E-state index < -0.39 is 10.0 Å². The number of aryl methyl sites for hydroxylation is 1.